The van der Waals surface area contributed by atoms with Crippen molar-refractivity contribution in [2.45, 2.75) is 38.1 Å². The van der Waals surface area contributed by atoms with Crippen molar-refractivity contribution >= 4 is 11.6 Å². The van der Waals surface area contributed by atoms with E-state index in [0.29, 0.717) is 5.92 Å². The summed E-state index contributed by atoms with van der Waals surface area (Å²) in [5, 5.41) is 0.724. The Morgan fingerprint density at radius 3 is 2.59 bits per heavy atom. The molecule has 0 heterocycles. The van der Waals surface area contributed by atoms with Gasteiger partial charge in [-0.2, -0.15) is 0 Å². The molecule has 3 heteroatoms. The summed E-state index contributed by atoms with van der Waals surface area (Å²) in [5.74, 6) is 1.37. The van der Waals surface area contributed by atoms with Gasteiger partial charge in [0.05, 0.1) is 7.11 Å². The summed E-state index contributed by atoms with van der Waals surface area (Å²) in [6.07, 6.45) is 6.39. The van der Waals surface area contributed by atoms with Crippen LogP contribution in [0.4, 0.5) is 0 Å². The molecule has 0 radical (unpaired) electrons. The third-order valence-electron chi connectivity index (χ3n) is 3.72. The molecule has 1 atom stereocenters. The second kappa shape index (κ2) is 5.74. The van der Waals surface area contributed by atoms with Crippen molar-refractivity contribution in [1.29, 1.82) is 0 Å². The Labute approximate surface area is 108 Å². The fourth-order valence-corrected chi connectivity index (χ4v) is 2.95. The molecular formula is C14H20ClNO. The van der Waals surface area contributed by atoms with Gasteiger partial charge in [-0.3, -0.25) is 0 Å². The number of hydrogen-bond acceptors (Lipinski definition) is 2. The van der Waals surface area contributed by atoms with Gasteiger partial charge >= 0.3 is 0 Å². The summed E-state index contributed by atoms with van der Waals surface area (Å²) < 4.78 is 5.15. The quantitative estimate of drug-likeness (QED) is 0.886. The molecule has 1 aromatic carbocycles. The predicted octanol–water partition coefficient (Wildman–Crippen LogP) is 3.93. The second-order valence-electron chi connectivity index (χ2n) is 4.81. The highest BCUT2D eigenvalue weighted by atomic mass is 35.5. The highest BCUT2D eigenvalue weighted by Crippen LogP contribution is 2.36. The van der Waals surface area contributed by atoms with Crippen molar-refractivity contribution in [3.05, 3.63) is 28.8 Å². The van der Waals surface area contributed by atoms with E-state index < -0.39 is 0 Å². The van der Waals surface area contributed by atoms with E-state index >= 15 is 0 Å². The topological polar surface area (TPSA) is 35.2 Å². The molecule has 0 aliphatic heterocycles. The minimum atomic E-state index is 0.0636. The molecule has 17 heavy (non-hydrogen) atoms. The molecule has 0 amide bonds. The van der Waals surface area contributed by atoms with E-state index in [2.05, 4.69) is 0 Å². The Balaban J connectivity index is 2.15. The van der Waals surface area contributed by atoms with Crippen LogP contribution in [0, 0.1) is 5.92 Å². The van der Waals surface area contributed by atoms with E-state index in [1.54, 1.807) is 7.11 Å². The molecule has 1 aliphatic carbocycles. The van der Waals surface area contributed by atoms with Crippen molar-refractivity contribution in [2.75, 3.05) is 7.11 Å². The van der Waals surface area contributed by atoms with Crippen LogP contribution < -0.4 is 10.5 Å². The third kappa shape index (κ3) is 2.93. The van der Waals surface area contributed by atoms with E-state index in [0.717, 1.165) is 16.3 Å². The summed E-state index contributed by atoms with van der Waals surface area (Å²) >= 11 is 6.26. The zero-order chi connectivity index (χ0) is 12.3. The lowest BCUT2D eigenvalue weighted by Crippen LogP contribution is -2.23. The van der Waals surface area contributed by atoms with Crippen molar-refractivity contribution in [1.82, 2.24) is 0 Å². The summed E-state index contributed by atoms with van der Waals surface area (Å²) in [6, 6.07) is 5.85. The molecule has 0 spiro atoms. The maximum absolute atomic E-state index is 6.34. The summed E-state index contributed by atoms with van der Waals surface area (Å²) in [4.78, 5) is 0. The largest absolute Gasteiger partial charge is 0.497 e. The van der Waals surface area contributed by atoms with Gasteiger partial charge in [-0.1, -0.05) is 36.9 Å². The second-order valence-corrected chi connectivity index (χ2v) is 5.22. The minimum absolute atomic E-state index is 0.0636. The number of rotatable bonds is 3. The number of halogens is 1. The zero-order valence-electron chi connectivity index (χ0n) is 10.3. The SMILES string of the molecule is COc1ccc(C(N)C2CCCCC2)c(Cl)c1. The molecule has 1 aromatic rings. The van der Waals surface area contributed by atoms with Crippen LogP contribution in [0.1, 0.15) is 43.7 Å². The Morgan fingerprint density at radius 1 is 1.29 bits per heavy atom. The van der Waals surface area contributed by atoms with Crippen LogP contribution in [-0.2, 0) is 0 Å². The fraction of sp³-hybridized carbons (Fsp3) is 0.571. The average Bonchev–Trinajstić information content (AvgIpc) is 2.39. The molecule has 1 fully saturated rings. The average molecular weight is 254 g/mol. The molecule has 0 bridgehead atoms. The standard InChI is InChI=1S/C14H20ClNO/c1-17-11-7-8-12(13(15)9-11)14(16)10-5-3-2-4-6-10/h7-10,14H,2-6,16H2,1H3. The monoisotopic (exact) mass is 253 g/mol. The van der Waals surface area contributed by atoms with Crippen molar-refractivity contribution < 1.29 is 4.74 Å². The lowest BCUT2D eigenvalue weighted by atomic mass is 9.81. The van der Waals surface area contributed by atoms with Crippen LogP contribution >= 0.6 is 11.6 Å². The van der Waals surface area contributed by atoms with Gasteiger partial charge in [0.15, 0.2) is 0 Å². The Hall–Kier alpha value is -0.730. The minimum Gasteiger partial charge on any atom is -0.497 e. The first-order valence-electron chi connectivity index (χ1n) is 6.31. The molecule has 2 N–H and O–H groups in total. The van der Waals surface area contributed by atoms with Gasteiger partial charge in [0.2, 0.25) is 0 Å². The molecule has 0 saturated heterocycles. The normalized spacial score (nSPS) is 19.0. The van der Waals surface area contributed by atoms with Crippen molar-refractivity contribution in [3.8, 4) is 5.75 Å². The van der Waals surface area contributed by atoms with Crippen LogP contribution in [0.15, 0.2) is 18.2 Å². The van der Waals surface area contributed by atoms with E-state index in [1.807, 2.05) is 18.2 Å². The van der Waals surface area contributed by atoms with Crippen molar-refractivity contribution in [3.63, 3.8) is 0 Å². The number of hydrogen-bond donors (Lipinski definition) is 1. The van der Waals surface area contributed by atoms with Crippen molar-refractivity contribution in [2.24, 2.45) is 11.7 Å². The predicted molar refractivity (Wildman–Crippen MR) is 71.5 cm³/mol. The Bertz CT molecular complexity index is 374. The van der Waals surface area contributed by atoms with Gasteiger partial charge in [-0.05, 0) is 36.5 Å². The van der Waals surface area contributed by atoms with Crippen LogP contribution in [-0.4, -0.2) is 7.11 Å². The lowest BCUT2D eigenvalue weighted by molar-refractivity contribution is 0.308. The van der Waals surface area contributed by atoms with Crippen LogP contribution in [0.5, 0.6) is 5.75 Å². The molecule has 94 valence electrons. The van der Waals surface area contributed by atoms with Crippen LogP contribution in [0.3, 0.4) is 0 Å². The molecule has 1 unspecified atom stereocenters. The first-order valence-corrected chi connectivity index (χ1v) is 6.69. The fourth-order valence-electron chi connectivity index (χ4n) is 2.65. The highest BCUT2D eigenvalue weighted by Gasteiger charge is 2.23. The van der Waals surface area contributed by atoms with Gasteiger partial charge in [-0.15, -0.1) is 0 Å². The number of ether oxygens (including phenoxy) is 1. The third-order valence-corrected chi connectivity index (χ3v) is 4.05. The van der Waals surface area contributed by atoms with Gasteiger partial charge in [0.25, 0.3) is 0 Å². The van der Waals surface area contributed by atoms with Gasteiger partial charge in [0, 0.05) is 11.1 Å². The summed E-state index contributed by atoms with van der Waals surface area (Å²) in [5.41, 5.74) is 7.39. The van der Waals surface area contributed by atoms with Crippen LogP contribution in [0.2, 0.25) is 5.02 Å². The number of nitrogens with two attached hydrogens (primary N) is 1. The Morgan fingerprint density at radius 2 is 2.00 bits per heavy atom. The first-order chi connectivity index (χ1) is 8.22. The van der Waals surface area contributed by atoms with Gasteiger partial charge < -0.3 is 10.5 Å². The summed E-state index contributed by atoms with van der Waals surface area (Å²) in [7, 11) is 1.65. The molecule has 0 aromatic heterocycles. The van der Waals surface area contributed by atoms with Gasteiger partial charge in [-0.25, -0.2) is 0 Å². The smallest absolute Gasteiger partial charge is 0.120 e. The van der Waals surface area contributed by atoms with E-state index in [-0.39, 0.29) is 6.04 Å². The van der Waals surface area contributed by atoms with E-state index in [9.17, 15) is 0 Å². The number of methoxy groups -OCH3 is 1. The van der Waals surface area contributed by atoms with Gasteiger partial charge in [0.1, 0.15) is 5.75 Å². The first kappa shape index (κ1) is 12.7. The maximum Gasteiger partial charge on any atom is 0.120 e. The number of benzene rings is 1. The molecule has 2 nitrogen and oxygen atoms in total. The van der Waals surface area contributed by atoms with E-state index in [1.165, 1.54) is 32.1 Å². The highest BCUT2D eigenvalue weighted by molar-refractivity contribution is 6.31. The van der Waals surface area contributed by atoms with E-state index in [4.69, 9.17) is 22.1 Å². The molecule has 1 aliphatic rings. The Kier molecular flexibility index (Phi) is 4.30. The molecule has 2 rings (SSSR count). The molecular weight excluding hydrogens is 234 g/mol. The molecule has 1 saturated carbocycles. The lowest BCUT2D eigenvalue weighted by Gasteiger charge is -2.28. The zero-order valence-corrected chi connectivity index (χ0v) is 11.0. The maximum atomic E-state index is 6.34. The summed E-state index contributed by atoms with van der Waals surface area (Å²) in [6.45, 7) is 0. The van der Waals surface area contributed by atoms with Crippen LogP contribution in [0.25, 0.3) is 0 Å².